The Kier molecular flexibility index (Phi) is 5.22. The molecule has 0 radical (unpaired) electrons. The van der Waals surface area contributed by atoms with Gasteiger partial charge in [-0.15, -0.1) is 0 Å². The Bertz CT molecular complexity index is 1470. The van der Waals surface area contributed by atoms with Gasteiger partial charge in [-0.2, -0.15) is 4.39 Å². The number of hydrogen-bond donors (Lipinski definition) is 1. The SMILES string of the molecule is COc1cc(F)c([N+](=O)[O-])cc1Nc1nccc(-c2cn(S(C)(=O)=O)c3ccccc23)n1. The molecule has 0 fully saturated rings. The number of rotatable bonds is 6. The number of nitro benzene ring substituents is 1. The summed E-state index contributed by atoms with van der Waals surface area (Å²) in [6, 6.07) is 10.4. The lowest BCUT2D eigenvalue weighted by Crippen LogP contribution is -2.08. The Balaban J connectivity index is 1.80. The maximum Gasteiger partial charge on any atom is 0.307 e. The third-order valence-electron chi connectivity index (χ3n) is 4.68. The normalized spacial score (nSPS) is 11.5. The van der Waals surface area contributed by atoms with Crippen LogP contribution in [0.15, 0.2) is 54.9 Å². The zero-order valence-corrected chi connectivity index (χ0v) is 17.6. The maximum absolute atomic E-state index is 13.9. The quantitative estimate of drug-likeness (QED) is 0.343. The Labute approximate surface area is 181 Å². The molecule has 0 aliphatic carbocycles. The van der Waals surface area contributed by atoms with Gasteiger partial charge in [-0.3, -0.25) is 10.1 Å². The molecule has 0 unspecified atom stereocenters. The molecule has 0 aliphatic heterocycles. The van der Waals surface area contributed by atoms with E-state index in [0.29, 0.717) is 22.2 Å². The molecule has 2 aromatic carbocycles. The minimum atomic E-state index is -3.56. The van der Waals surface area contributed by atoms with Crippen molar-refractivity contribution >= 4 is 38.2 Å². The van der Waals surface area contributed by atoms with E-state index in [4.69, 9.17) is 4.74 Å². The number of para-hydroxylation sites is 1. The standard InChI is InChI=1S/C20H16FN5O5S/c1-31-19-9-14(21)18(26(27)28)10-16(19)24-20-22-8-7-15(23-20)13-11-25(32(2,29)30)17-6-4-3-5-12(13)17/h3-11H,1-2H3,(H,22,23,24). The highest BCUT2D eigenvalue weighted by Gasteiger charge is 2.20. The molecule has 0 spiro atoms. The molecule has 12 heteroatoms. The van der Waals surface area contributed by atoms with Gasteiger partial charge in [0.1, 0.15) is 5.75 Å². The van der Waals surface area contributed by atoms with E-state index in [0.717, 1.165) is 18.4 Å². The highest BCUT2D eigenvalue weighted by molar-refractivity contribution is 7.89. The first kappa shape index (κ1) is 21.2. The van der Waals surface area contributed by atoms with Gasteiger partial charge in [0.25, 0.3) is 0 Å². The number of fused-ring (bicyclic) bond motifs is 1. The summed E-state index contributed by atoms with van der Waals surface area (Å²) in [5, 5.41) is 14.5. The van der Waals surface area contributed by atoms with Crippen LogP contribution in [0.2, 0.25) is 0 Å². The maximum atomic E-state index is 13.9. The summed E-state index contributed by atoms with van der Waals surface area (Å²) in [4.78, 5) is 18.7. The molecule has 2 heterocycles. The fourth-order valence-electron chi connectivity index (χ4n) is 3.27. The van der Waals surface area contributed by atoms with Gasteiger partial charge in [0.15, 0.2) is 0 Å². The second kappa shape index (κ2) is 7.89. The third-order valence-corrected chi connectivity index (χ3v) is 5.70. The summed E-state index contributed by atoms with van der Waals surface area (Å²) in [5.74, 6) is -0.964. The van der Waals surface area contributed by atoms with Crippen molar-refractivity contribution in [2.45, 2.75) is 0 Å². The number of nitrogens with zero attached hydrogens (tertiary/aromatic N) is 4. The summed E-state index contributed by atoms with van der Waals surface area (Å²) in [5.41, 5.74) is 0.816. The Hall–Kier alpha value is -4.06. The zero-order valence-electron chi connectivity index (χ0n) is 16.8. The fourth-order valence-corrected chi connectivity index (χ4v) is 4.08. The molecular formula is C20H16FN5O5S. The minimum absolute atomic E-state index is 0.0239. The number of anilines is 2. The van der Waals surface area contributed by atoms with E-state index in [1.165, 1.54) is 23.5 Å². The predicted octanol–water partition coefficient (Wildman–Crippen LogP) is 3.71. The number of benzene rings is 2. The number of nitrogens with one attached hydrogen (secondary N) is 1. The monoisotopic (exact) mass is 457 g/mol. The predicted molar refractivity (Wildman–Crippen MR) is 116 cm³/mol. The summed E-state index contributed by atoms with van der Waals surface area (Å²) in [6.45, 7) is 0. The lowest BCUT2D eigenvalue weighted by atomic mass is 10.1. The summed E-state index contributed by atoms with van der Waals surface area (Å²) < 4.78 is 44.6. The van der Waals surface area contributed by atoms with E-state index in [9.17, 15) is 22.9 Å². The summed E-state index contributed by atoms with van der Waals surface area (Å²) >= 11 is 0. The fraction of sp³-hybridized carbons (Fsp3) is 0.100. The molecule has 4 aromatic rings. The first-order valence-corrected chi connectivity index (χ1v) is 11.0. The van der Waals surface area contributed by atoms with Crippen molar-refractivity contribution in [1.82, 2.24) is 13.9 Å². The highest BCUT2D eigenvalue weighted by Crippen LogP contribution is 2.34. The molecule has 0 atom stereocenters. The van der Waals surface area contributed by atoms with Crippen molar-refractivity contribution in [3.63, 3.8) is 0 Å². The van der Waals surface area contributed by atoms with Crippen molar-refractivity contribution in [3.8, 4) is 17.0 Å². The van der Waals surface area contributed by atoms with E-state index < -0.39 is 26.5 Å². The molecule has 1 N–H and O–H groups in total. The van der Waals surface area contributed by atoms with E-state index in [1.54, 1.807) is 30.3 Å². The van der Waals surface area contributed by atoms with Crippen LogP contribution in [0.3, 0.4) is 0 Å². The second-order valence-corrected chi connectivity index (χ2v) is 8.63. The lowest BCUT2D eigenvalue weighted by molar-refractivity contribution is -0.387. The minimum Gasteiger partial charge on any atom is -0.494 e. The van der Waals surface area contributed by atoms with Crippen molar-refractivity contribution < 1.29 is 22.5 Å². The molecule has 0 saturated carbocycles. The van der Waals surface area contributed by atoms with Gasteiger partial charge in [-0.1, -0.05) is 18.2 Å². The van der Waals surface area contributed by atoms with Gasteiger partial charge in [-0.05, 0) is 12.1 Å². The topological polar surface area (TPSA) is 129 Å². The number of methoxy groups -OCH3 is 1. The molecule has 32 heavy (non-hydrogen) atoms. The summed E-state index contributed by atoms with van der Waals surface area (Å²) in [6.07, 6.45) is 4.01. The zero-order chi connectivity index (χ0) is 23.0. The first-order chi connectivity index (χ1) is 15.2. The van der Waals surface area contributed by atoms with E-state index in [-0.39, 0.29) is 17.4 Å². The van der Waals surface area contributed by atoms with E-state index >= 15 is 0 Å². The Morgan fingerprint density at radius 1 is 1.22 bits per heavy atom. The largest absolute Gasteiger partial charge is 0.494 e. The number of ether oxygens (including phenoxy) is 1. The molecule has 0 amide bonds. The van der Waals surface area contributed by atoms with E-state index in [2.05, 4.69) is 15.3 Å². The van der Waals surface area contributed by atoms with Crippen molar-refractivity contribution in [1.29, 1.82) is 0 Å². The molecule has 164 valence electrons. The van der Waals surface area contributed by atoms with Gasteiger partial charge in [-0.25, -0.2) is 22.4 Å². The van der Waals surface area contributed by atoms with Gasteiger partial charge in [0.05, 0.1) is 35.2 Å². The first-order valence-electron chi connectivity index (χ1n) is 9.12. The second-order valence-electron chi connectivity index (χ2n) is 6.77. The van der Waals surface area contributed by atoms with E-state index in [1.807, 2.05) is 0 Å². The van der Waals surface area contributed by atoms with Crippen LogP contribution in [0.5, 0.6) is 5.75 Å². The average Bonchev–Trinajstić information content (AvgIpc) is 3.15. The number of aromatic nitrogens is 3. The van der Waals surface area contributed by atoms with Crippen molar-refractivity contribution in [3.05, 3.63) is 70.8 Å². The molecule has 0 bridgehead atoms. The smallest absolute Gasteiger partial charge is 0.307 e. The van der Waals surface area contributed by atoms with Crippen LogP contribution in [0, 0.1) is 15.9 Å². The van der Waals surface area contributed by atoms with Gasteiger partial charge >= 0.3 is 5.69 Å². The number of nitro groups is 1. The number of halogens is 1. The van der Waals surface area contributed by atoms with Crippen LogP contribution in [0.1, 0.15) is 0 Å². The number of hydrogen-bond acceptors (Lipinski definition) is 8. The van der Waals surface area contributed by atoms with Crippen LogP contribution in [0.4, 0.5) is 21.7 Å². The average molecular weight is 457 g/mol. The van der Waals surface area contributed by atoms with Crippen LogP contribution in [-0.4, -0.2) is 40.6 Å². The molecule has 0 saturated heterocycles. The Morgan fingerprint density at radius 2 is 1.97 bits per heavy atom. The molecular weight excluding hydrogens is 441 g/mol. The van der Waals surface area contributed by atoms with Crippen LogP contribution >= 0.6 is 0 Å². The van der Waals surface area contributed by atoms with Crippen molar-refractivity contribution in [2.24, 2.45) is 0 Å². The van der Waals surface area contributed by atoms with Gasteiger partial charge in [0.2, 0.25) is 21.8 Å². The van der Waals surface area contributed by atoms with Crippen LogP contribution in [-0.2, 0) is 10.0 Å². The molecule has 4 rings (SSSR count). The third kappa shape index (κ3) is 3.83. The molecule has 10 nitrogen and oxygen atoms in total. The van der Waals surface area contributed by atoms with Gasteiger partial charge < -0.3 is 10.1 Å². The van der Waals surface area contributed by atoms with Crippen LogP contribution < -0.4 is 10.1 Å². The Morgan fingerprint density at radius 3 is 2.66 bits per heavy atom. The van der Waals surface area contributed by atoms with Crippen LogP contribution in [0.25, 0.3) is 22.2 Å². The van der Waals surface area contributed by atoms with Crippen molar-refractivity contribution in [2.75, 3.05) is 18.7 Å². The summed E-state index contributed by atoms with van der Waals surface area (Å²) in [7, 11) is -2.26. The highest BCUT2D eigenvalue weighted by atomic mass is 32.2. The lowest BCUT2D eigenvalue weighted by Gasteiger charge is -2.11. The van der Waals surface area contributed by atoms with Gasteiger partial charge in [0, 0.05) is 35.5 Å². The molecule has 0 aliphatic rings. The molecule has 2 aromatic heterocycles.